The molecular formula is C20H25FN2O3. The van der Waals surface area contributed by atoms with Crippen LogP contribution in [0.1, 0.15) is 26.3 Å². The molecule has 2 aromatic carbocycles. The normalized spacial score (nSPS) is 11.3. The minimum Gasteiger partial charge on any atom is -0.455 e. The van der Waals surface area contributed by atoms with E-state index in [4.69, 9.17) is 9.47 Å². The lowest BCUT2D eigenvalue weighted by Crippen LogP contribution is -2.27. The van der Waals surface area contributed by atoms with Gasteiger partial charge in [0.05, 0.1) is 5.69 Å². The van der Waals surface area contributed by atoms with Crippen molar-refractivity contribution in [3.63, 3.8) is 0 Å². The first-order valence-corrected chi connectivity index (χ1v) is 8.34. The fraction of sp³-hybridized carbons (Fsp3) is 0.350. The van der Waals surface area contributed by atoms with Crippen molar-refractivity contribution in [2.24, 2.45) is 0 Å². The number of hydrogen-bond donors (Lipinski definition) is 1. The van der Waals surface area contributed by atoms with Crippen molar-refractivity contribution in [3.05, 3.63) is 53.8 Å². The van der Waals surface area contributed by atoms with Crippen molar-refractivity contribution < 1.29 is 18.7 Å². The molecule has 0 aliphatic heterocycles. The summed E-state index contributed by atoms with van der Waals surface area (Å²) in [4.78, 5) is 14.0. The number of anilines is 1. The van der Waals surface area contributed by atoms with Gasteiger partial charge in [0.2, 0.25) is 0 Å². The average molecular weight is 359 g/mol. The predicted octanol–water partition coefficient (Wildman–Crippen LogP) is 5.03. The van der Waals surface area contributed by atoms with E-state index in [2.05, 4.69) is 5.32 Å². The number of halogens is 1. The molecule has 1 amide bonds. The lowest BCUT2D eigenvalue weighted by atomic mass is 10.2. The molecule has 5 nitrogen and oxygen atoms in total. The van der Waals surface area contributed by atoms with Gasteiger partial charge in [0.1, 0.15) is 17.2 Å². The first-order valence-electron chi connectivity index (χ1n) is 8.34. The van der Waals surface area contributed by atoms with Crippen molar-refractivity contribution >= 4 is 11.8 Å². The van der Waals surface area contributed by atoms with E-state index < -0.39 is 17.5 Å². The van der Waals surface area contributed by atoms with Crippen LogP contribution in [0.4, 0.5) is 14.9 Å². The summed E-state index contributed by atoms with van der Waals surface area (Å²) < 4.78 is 24.9. The summed E-state index contributed by atoms with van der Waals surface area (Å²) in [7, 11) is 3.91. The van der Waals surface area contributed by atoms with Gasteiger partial charge >= 0.3 is 6.09 Å². The third-order valence-electron chi connectivity index (χ3n) is 3.26. The molecule has 0 aromatic heterocycles. The fourth-order valence-electron chi connectivity index (χ4n) is 2.29. The minimum absolute atomic E-state index is 0.210. The molecule has 6 heteroatoms. The Bertz CT molecular complexity index is 770. The van der Waals surface area contributed by atoms with Gasteiger partial charge in [-0.25, -0.2) is 9.18 Å². The molecule has 0 aliphatic carbocycles. The fourth-order valence-corrected chi connectivity index (χ4v) is 2.29. The number of ether oxygens (including phenoxy) is 2. The average Bonchev–Trinajstić information content (AvgIpc) is 2.49. The van der Waals surface area contributed by atoms with Gasteiger partial charge in [-0.1, -0.05) is 18.2 Å². The van der Waals surface area contributed by atoms with Crippen LogP contribution in [-0.4, -0.2) is 30.7 Å². The topological polar surface area (TPSA) is 50.8 Å². The maximum absolute atomic E-state index is 13.7. The Morgan fingerprint density at radius 3 is 2.46 bits per heavy atom. The number of para-hydroxylation sites is 1. The maximum Gasteiger partial charge on any atom is 0.412 e. The summed E-state index contributed by atoms with van der Waals surface area (Å²) in [5.74, 6) is 0.348. The van der Waals surface area contributed by atoms with Gasteiger partial charge in [-0.15, -0.1) is 0 Å². The van der Waals surface area contributed by atoms with Gasteiger partial charge in [0.15, 0.2) is 5.75 Å². The predicted molar refractivity (Wildman–Crippen MR) is 100 cm³/mol. The SMILES string of the molecule is CN(C)Cc1ccccc1Oc1cc([18F])ccc1NC(=O)OC(C)(C)C. The zero-order valence-electron chi connectivity index (χ0n) is 15.8. The molecule has 0 saturated carbocycles. The Morgan fingerprint density at radius 1 is 1.12 bits per heavy atom. The molecule has 0 radical (unpaired) electrons. The number of hydrogen-bond acceptors (Lipinski definition) is 4. The second kappa shape index (κ2) is 8.19. The van der Waals surface area contributed by atoms with Crippen LogP contribution in [0, 0.1) is 5.82 Å². The van der Waals surface area contributed by atoms with Crippen LogP contribution in [0.5, 0.6) is 11.5 Å². The van der Waals surface area contributed by atoms with Gasteiger partial charge < -0.3 is 14.4 Å². The van der Waals surface area contributed by atoms with Gasteiger partial charge in [-0.05, 0) is 53.1 Å². The molecule has 2 rings (SSSR count). The zero-order valence-corrected chi connectivity index (χ0v) is 15.8. The lowest BCUT2D eigenvalue weighted by Gasteiger charge is -2.21. The zero-order chi connectivity index (χ0) is 19.3. The smallest absolute Gasteiger partial charge is 0.412 e. The first-order chi connectivity index (χ1) is 12.1. The largest absolute Gasteiger partial charge is 0.455 e. The van der Waals surface area contributed by atoms with Crippen molar-refractivity contribution in [2.45, 2.75) is 32.9 Å². The molecular weight excluding hydrogens is 334 g/mol. The molecule has 0 bridgehead atoms. The minimum atomic E-state index is -0.635. The van der Waals surface area contributed by atoms with E-state index in [1.807, 2.05) is 37.2 Å². The van der Waals surface area contributed by atoms with E-state index >= 15 is 0 Å². The van der Waals surface area contributed by atoms with Crippen molar-refractivity contribution in [2.75, 3.05) is 19.4 Å². The molecule has 2 aromatic rings. The number of benzene rings is 2. The molecule has 0 unspecified atom stereocenters. The van der Waals surface area contributed by atoms with Gasteiger partial charge in [0.25, 0.3) is 0 Å². The summed E-state index contributed by atoms with van der Waals surface area (Å²) in [5.41, 5.74) is 0.647. The highest BCUT2D eigenvalue weighted by Gasteiger charge is 2.18. The van der Waals surface area contributed by atoms with E-state index in [1.165, 1.54) is 18.2 Å². The Kier molecular flexibility index (Phi) is 6.21. The molecule has 140 valence electrons. The van der Waals surface area contributed by atoms with Crippen LogP contribution < -0.4 is 10.1 Å². The summed E-state index contributed by atoms with van der Waals surface area (Å²) in [6.45, 7) is 5.98. The molecule has 0 saturated heterocycles. The van der Waals surface area contributed by atoms with Crippen LogP contribution in [0.3, 0.4) is 0 Å². The van der Waals surface area contributed by atoms with Gasteiger partial charge in [0, 0.05) is 18.2 Å². The molecule has 0 heterocycles. The van der Waals surface area contributed by atoms with E-state index in [-0.39, 0.29) is 5.75 Å². The van der Waals surface area contributed by atoms with Gasteiger partial charge in [-0.3, -0.25) is 5.32 Å². The van der Waals surface area contributed by atoms with Crippen LogP contribution in [0.2, 0.25) is 0 Å². The van der Waals surface area contributed by atoms with Gasteiger partial charge in [-0.2, -0.15) is 0 Å². The highest BCUT2D eigenvalue weighted by molar-refractivity contribution is 5.87. The van der Waals surface area contributed by atoms with E-state index in [9.17, 15) is 9.18 Å². The number of carbonyl (C=O) groups excluding carboxylic acids is 1. The summed E-state index contributed by atoms with van der Waals surface area (Å²) in [5, 5.41) is 2.61. The Balaban J connectivity index is 2.27. The molecule has 1 N–H and O–H groups in total. The Morgan fingerprint density at radius 2 is 1.81 bits per heavy atom. The lowest BCUT2D eigenvalue weighted by molar-refractivity contribution is 0.0635. The monoisotopic (exact) mass is 359 g/mol. The maximum atomic E-state index is 13.7. The van der Waals surface area contributed by atoms with E-state index in [1.54, 1.807) is 26.8 Å². The highest BCUT2D eigenvalue weighted by atomic mass is 18.2. The summed E-state index contributed by atoms with van der Waals surface area (Å²) >= 11 is 0. The molecule has 26 heavy (non-hydrogen) atoms. The van der Waals surface area contributed by atoms with E-state index in [0.29, 0.717) is 18.0 Å². The van der Waals surface area contributed by atoms with Crippen molar-refractivity contribution in [1.82, 2.24) is 4.90 Å². The van der Waals surface area contributed by atoms with Crippen LogP contribution in [0.25, 0.3) is 0 Å². The molecule has 0 aliphatic rings. The van der Waals surface area contributed by atoms with E-state index in [0.717, 1.165) is 5.56 Å². The standard InChI is InChI=1S/C20H25FN2O3/c1-20(2,3)26-19(24)22-16-11-10-15(21)12-18(16)25-17-9-7-6-8-14(17)13-23(4)5/h6-12H,13H2,1-5H3,(H,22,24)/i21-1. The third-order valence-corrected chi connectivity index (χ3v) is 3.26. The molecule has 0 spiro atoms. The number of rotatable bonds is 5. The highest BCUT2D eigenvalue weighted by Crippen LogP contribution is 2.33. The van der Waals surface area contributed by atoms with Crippen LogP contribution in [0.15, 0.2) is 42.5 Å². The molecule has 0 fully saturated rings. The van der Waals surface area contributed by atoms with Crippen LogP contribution in [-0.2, 0) is 11.3 Å². The first kappa shape index (κ1) is 19.7. The third kappa shape index (κ3) is 6.04. The number of carbonyl (C=O) groups is 1. The number of nitrogens with zero attached hydrogens (tertiary/aromatic N) is 1. The molecule has 0 atom stereocenters. The summed E-state index contributed by atoms with van der Waals surface area (Å²) in [6, 6.07) is 11.4. The second-order valence-electron chi connectivity index (χ2n) is 7.21. The van der Waals surface area contributed by atoms with Crippen molar-refractivity contribution in [1.29, 1.82) is 0 Å². The quantitative estimate of drug-likeness (QED) is 0.814. The van der Waals surface area contributed by atoms with Crippen molar-refractivity contribution in [3.8, 4) is 11.5 Å². The Hall–Kier alpha value is -2.60. The number of nitrogens with one attached hydrogen (secondary N) is 1. The summed E-state index contributed by atoms with van der Waals surface area (Å²) in [6.07, 6.45) is -0.629. The Labute approximate surface area is 153 Å². The number of amides is 1. The second-order valence-corrected chi connectivity index (χ2v) is 7.21. The van der Waals surface area contributed by atoms with Crippen LogP contribution >= 0.6 is 0 Å².